The molecule has 0 radical (unpaired) electrons. The molecule has 1 aliphatic rings. The highest BCUT2D eigenvalue weighted by molar-refractivity contribution is 5.92. The fraction of sp³-hybridized carbons (Fsp3) is 0.400. The van der Waals surface area contributed by atoms with Crippen molar-refractivity contribution < 1.29 is 23.9 Å². The molecule has 2 N–H and O–H groups in total. The molecule has 0 bridgehead atoms. The lowest BCUT2D eigenvalue weighted by Gasteiger charge is -2.26. The fourth-order valence-corrected chi connectivity index (χ4v) is 3.65. The van der Waals surface area contributed by atoms with Crippen molar-refractivity contribution in [2.75, 3.05) is 19.0 Å². The number of nitrogens with zero attached hydrogens (tertiary/aromatic N) is 1. The fourth-order valence-electron chi connectivity index (χ4n) is 3.65. The smallest absolute Gasteiger partial charge is 0.411 e. The van der Waals surface area contributed by atoms with Gasteiger partial charge in [0.15, 0.2) is 12.1 Å². The zero-order chi connectivity index (χ0) is 24.0. The Morgan fingerprint density at radius 1 is 1.18 bits per heavy atom. The van der Waals surface area contributed by atoms with Crippen LogP contribution >= 0.6 is 0 Å². The number of nitrogens with one attached hydrogen (secondary N) is 2. The maximum absolute atomic E-state index is 13.3. The van der Waals surface area contributed by atoms with Gasteiger partial charge in [-0.2, -0.15) is 0 Å². The molecular formula is C25H31N3O5. The van der Waals surface area contributed by atoms with Gasteiger partial charge in [0.05, 0.1) is 6.54 Å². The van der Waals surface area contributed by atoms with Crippen LogP contribution in [0.4, 0.5) is 10.5 Å². The van der Waals surface area contributed by atoms with Gasteiger partial charge in [-0.15, -0.1) is 0 Å². The summed E-state index contributed by atoms with van der Waals surface area (Å²) in [6.07, 6.45) is -0.610. The third-order valence-electron chi connectivity index (χ3n) is 5.60. The van der Waals surface area contributed by atoms with Gasteiger partial charge in [-0.05, 0) is 43.5 Å². The minimum Gasteiger partial charge on any atom is -0.438 e. The number of benzene rings is 2. The number of carbonyl (C=O) groups is 3. The molecule has 33 heavy (non-hydrogen) atoms. The highest BCUT2D eigenvalue weighted by atomic mass is 16.6. The summed E-state index contributed by atoms with van der Waals surface area (Å²) in [5.41, 5.74) is 3.16. The van der Waals surface area contributed by atoms with E-state index in [9.17, 15) is 14.4 Å². The van der Waals surface area contributed by atoms with Crippen molar-refractivity contribution in [1.82, 2.24) is 10.2 Å². The molecule has 0 spiro atoms. The zero-order valence-corrected chi connectivity index (χ0v) is 19.5. The van der Waals surface area contributed by atoms with Crippen molar-refractivity contribution in [2.24, 2.45) is 0 Å². The van der Waals surface area contributed by atoms with Crippen LogP contribution in [0.25, 0.3) is 0 Å². The second-order valence-electron chi connectivity index (χ2n) is 8.29. The third-order valence-corrected chi connectivity index (χ3v) is 5.60. The van der Waals surface area contributed by atoms with Crippen molar-refractivity contribution in [3.05, 3.63) is 65.2 Å². The van der Waals surface area contributed by atoms with Gasteiger partial charge in [-0.3, -0.25) is 14.5 Å². The molecular weight excluding hydrogens is 422 g/mol. The molecule has 1 heterocycles. The summed E-state index contributed by atoms with van der Waals surface area (Å²) in [5, 5.41) is 5.72. The minimum absolute atomic E-state index is 0.0465. The number of cyclic esters (lactones) is 1. The van der Waals surface area contributed by atoms with Crippen LogP contribution in [0.5, 0.6) is 0 Å². The summed E-state index contributed by atoms with van der Waals surface area (Å²) in [6, 6.07) is 13.9. The number of aryl methyl sites for hydroxylation is 1. The molecule has 1 fully saturated rings. The van der Waals surface area contributed by atoms with E-state index >= 15 is 0 Å². The van der Waals surface area contributed by atoms with Crippen LogP contribution in [0.15, 0.2) is 48.5 Å². The molecule has 0 aliphatic carbocycles. The monoisotopic (exact) mass is 453 g/mol. The molecule has 0 unspecified atom stereocenters. The van der Waals surface area contributed by atoms with Gasteiger partial charge in [0.2, 0.25) is 11.8 Å². The van der Waals surface area contributed by atoms with E-state index in [0.29, 0.717) is 11.3 Å². The summed E-state index contributed by atoms with van der Waals surface area (Å²) in [7, 11) is 1.44. The molecule has 2 aromatic rings. The van der Waals surface area contributed by atoms with E-state index in [1.807, 2.05) is 45.0 Å². The van der Waals surface area contributed by atoms with Gasteiger partial charge < -0.3 is 20.1 Å². The largest absolute Gasteiger partial charge is 0.438 e. The van der Waals surface area contributed by atoms with E-state index in [1.165, 1.54) is 12.0 Å². The molecule has 3 rings (SSSR count). The van der Waals surface area contributed by atoms with Crippen LogP contribution in [0.3, 0.4) is 0 Å². The number of anilines is 1. The minimum atomic E-state index is -0.849. The van der Waals surface area contributed by atoms with Crippen molar-refractivity contribution in [2.45, 2.75) is 51.9 Å². The Morgan fingerprint density at radius 2 is 1.91 bits per heavy atom. The Hall–Kier alpha value is -3.39. The first-order valence-corrected chi connectivity index (χ1v) is 11.0. The van der Waals surface area contributed by atoms with E-state index in [-0.39, 0.29) is 31.0 Å². The molecule has 3 atom stereocenters. The summed E-state index contributed by atoms with van der Waals surface area (Å²) >= 11 is 0. The number of carbonyl (C=O) groups excluding carboxylic acids is 3. The van der Waals surface area contributed by atoms with Crippen LogP contribution in [0.1, 0.15) is 43.1 Å². The summed E-state index contributed by atoms with van der Waals surface area (Å²) in [5.74, 6) is -0.578. The van der Waals surface area contributed by atoms with Crippen LogP contribution in [-0.4, -0.2) is 48.6 Å². The van der Waals surface area contributed by atoms with Gasteiger partial charge >= 0.3 is 6.09 Å². The number of amides is 3. The van der Waals surface area contributed by atoms with E-state index in [2.05, 4.69) is 10.6 Å². The Morgan fingerprint density at radius 3 is 2.58 bits per heavy atom. The number of rotatable bonds is 9. The number of hydrogen-bond acceptors (Lipinski definition) is 5. The Balaban J connectivity index is 1.90. The quantitative estimate of drug-likeness (QED) is 0.605. The van der Waals surface area contributed by atoms with Crippen molar-refractivity contribution in [3.8, 4) is 0 Å². The lowest BCUT2D eigenvalue weighted by Crippen LogP contribution is -2.48. The Kier molecular flexibility index (Phi) is 8.06. The standard InChI is InChI=1S/C25H31N3O5/c1-5-17(3)26-24(30)22-23(19-7-6-8-20(13-19)27-21(29)15-32-4)33-25(31)28(22)14-18-11-9-16(2)10-12-18/h6-13,17,22-23H,5,14-15H2,1-4H3,(H,26,30)(H,27,29)/t17-,22-,23-/m0/s1. The predicted octanol–water partition coefficient (Wildman–Crippen LogP) is 3.56. The lowest BCUT2D eigenvalue weighted by molar-refractivity contribution is -0.127. The van der Waals surface area contributed by atoms with Gasteiger partial charge in [-0.25, -0.2) is 4.79 Å². The normalized spacial score (nSPS) is 18.5. The molecule has 8 heteroatoms. The number of ether oxygens (including phenoxy) is 2. The topological polar surface area (TPSA) is 97.0 Å². The molecule has 1 saturated heterocycles. The first-order valence-electron chi connectivity index (χ1n) is 11.0. The van der Waals surface area contributed by atoms with E-state index in [4.69, 9.17) is 9.47 Å². The van der Waals surface area contributed by atoms with E-state index < -0.39 is 18.2 Å². The third kappa shape index (κ3) is 6.10. The lowest BCUT2D eigenvalue weighted by atomic mass is 9.99. The van der Waals surface area contributed by atoms with E-state index in [1.54, 1.807) is 24.3 Å². The Labute approximate surface area is 194 Å². The van der Waals surface area contributed by atoms with Crippen molar-refractivity contribution in [3.63, 3.8) is 0 Å². The maximum atomic E-state index is 13.3. The highest BCUT2D eigenvalue weighted by Gasteiger charge is 2.47. The average Bonchev–Trinajstić information content (AvgIpc) is 3.11. The number of hydrogen-bond donors (Lipinski definition) is 2. The van der Waals surface area contributed by atoms with Gasteiger partial charge in [0, 0.05) is 18.8 Å². The predicted molar refractivity (Wildman–Crippen MR) is 125 cm³/mol. The van der Waals surface area contributed by atoms with Crippen LogP contribution in [0, 0.1) is 6.92 Å². The van der Waals surface area contributed by atoms with Crippen molar-refractivity contribution >= 4 is 23.6 Å². The first-order chi connectivity index (χ1) is 15.8. The molecule has 1 aliphatic heterocycles. The van der Waals surface area contributed by atoms with Gasteiger partial charge in [0.25, 0.3) is 0 Å². The number of methoxy groups -OCH3 is 1. The van der Waals surface area contributed by atoms with Crippen LogP contribution in [0.2, 0.25) is 0 Å². The molecule has 2 aromatic carbocycles. The molecule has 3 amide bonds. The summed E-state index contributed by atoms with van der Waals surface area (Å²) in [6.45, 7) is 6.06. The molecule has 8 nitrogen and oxygen atoms in total. The second kappa shape index (κ2) is 11.0. The van der Waals surface area contributed by atoms with Gasteiger partial charge in [-0.1, -0.05) is 48.9 Å². The van der Waals surface area contributed by atoms with Crippen LogP contribution in [-0.2, 0) is 25.6 Å². The zero-order valence-electron chi connectivity index (χ0n) is 19.5. The second-order valence-corrected chi connectivity index (χ2v) is 8.29. The van der Waals surface area contributed by atoms with E-state index in [0.717, 1.165) is 17.5 Å². The molecule has 176 valence electrons. The van der Waals surface area contributed by atoms with Crippen molar-refractivity contribution in [1.29, 1.82) is 0 Å². The SMILES string of the molecule is CC[C@H](C)NC(=O)[C@@H]1[C@H](c2cccc(NC(=O)COC)c2)OC(=O)N1Cc1ccc(C)cc1. The average molecular weight is 454 g/mol. The first kappa shape index (κ1) is 24.3. The molecule has 0 aromatic heterocycles. The van der Waals surface area contributed by atoms with Gasteiger partial charge in [0.1, 0.15) is 6.61 Å². The van der Waals surface area contributed by atoms with Crippen LogP contribution < -0.4 is 10.6 Å². The maximum Gasteiger partial charge on any atom is 0.411 e. The summed E-state index contributed by atoms with van der Waals surface area (Å²) < 4.78 is 10.6. The Bertz CT molecular complexity index is 992. The highest BCUT2D eigenvalue weighted by Crippen LogP contribution is 2.35. The molecule has 0 saturated carbocycles. The summed E-state index contributed by atoms with van der Waals surface area (Å²) in [4.78, 5) is 39.5.